The Morgan fingerprint density at radius 2 is 2.05 bits per heavy atom. The van der Waals surface area contributed by atoms with Gasteiger partial charge in [-0.05, 0) is 61.8 Å². The van der Waals surface area contributed by atoms with Gasteiger partial charge in [-0.15, -0.1) is 0 Å². The van der Waals surface area contributed by atoms with Crippen molar-refractivity contribution in [1.82, 2.24) is 0 Å². The lowest BCUT2D eigenvalue weighted by molar-refractivity contribution is -0.000276. The molecule has 1 aromatic carbocycles. The van der Waals surface area contributed by atoms with Crippen LogP contribution in [0.4, 0.5) is 4.39 Å². The molecule has 2 nitrogen and oxygen atoms in total. The van der Waals surface area contributed by atoms with Gasteiger partial charge in [0.15, 0.2) is 0 Å². The zero-order valence-corrected chi connectivity index (χ0v) is 12.7. The van der Waals surface area contributed by atoms with Crippen LogP contribution in [0.1, 0.15) is 51.7 Å². The third-order valence-corrected chi connectivity index (χ3v) is 4.97. The first-order valence-electron chi connectivity index (χ1n) is 7.90. The van der Waals surface area contributed by atoms with Gasteiger partial charge >= 0.3 is 0 Å². The van der Waals surface area contributed by atoms with Crippen LogP contribution < -0.4 is 0 Å². The van der Waals surface area contributed by atoms with Crippen LogP contribution in [-0.2, 0) is 5.60 Å². The first-order chi connectivity index (χ1) is 9.98. The maximum absolute atomic E-state index is 13.3. The van der Waals surface area contributed by atoms with E-state index in [9.17, 15) is 9.50 Å². The average Bonchev–Trinajstić information content (AvgIpc) is 2.75. The molecule has 0 amide bonds. The van der Waals surface area contributed by atoms with E-state index in [4.69, 9.17) is 4.42 Å². The lowest BCUT2D eigenvalue weighted by atomic mass is 9.87. The number of halogens is 1. The summed E-state index contributed by atoms with van der Waals surface area (Å²) in [6, 6.07) is 6.28. The first kappa shape index (κ1) is 14.6. The Morgan fingerprint density at radius 3 is 2.81 bits per heavy atom. The van der Waals surface area contributed by atoms with Crippen LogP contribution in [0.15, 0.2) is 28.7 Å². The van der Waals surface area contributed by atoms with Gasteiger partial charge in [0.25, 0.3) is 0 Å². The number of benzene rings is 1. The molecule has 0 radical (unpaired) electrons. The smallest absolute Gasteiger partial charge is 0.136 e. The van der Waals surface area contributed by atoms with Gasteiger partial charge in [-0.2, -0.15) is 0 Å². The molecule has 0 saturated heterocycles. The van der Waals surface area contributed by atoms with Crippen molar-refractivity contribution in [3.63, 3.8) is 0 Å². The van der Waals surface area contributed by atoms with E-state index in [0.29, 0.717) is 23.2 Å². The van der Waals surface area contributed by atoms with Crippen LogP contribution in [-0.4, -0.2) is 5.11 Å². The van der Waals surface area contributed by atoms with E-state index in [0.717, 1.165) is 37.5 Å². The molecule has 1 fully saturated rings. The summed E-state index contributed by atoms with van der Waals surface area (Å²) in [5.41, 5.74) is -0.261. The number of fused-ring (bicyclic) bond motifs is 1. The van der Waals surface area contributed by atoms with E-state index >= 15 is 0 Å². The third-order valence-electron chi connectivity index (χ3n) is 4.97. The van der Waals surface area contributed by atoms with Crippen molar-refractivity contribution in [3.8, 4) is 0 Å². The molecule has 0 aliphatic heterocycles. The molecule has 3 heteroatoms. The van der Waals surface area contributed by atoms with E-state index < -0.39 is 5.60 Å². The SMILES string of the molecule is CC(C)C1CCCC(O)(c2cc3cc(F)ccc3o2)CC1. The van der Waals surface area contributed by atoms with E-state index in [1.807, 2.05) is 0 Å². The molecule has 0 bridgehead atoms. The summed E-state index contributed by atoms with van der Waals surface area (Å²) < 4.78 is 19.1. The largest absolute Gasteiger partial charge is 0.458 e. The fourth-order valence-corrected chi connectivity index (χ4v) is 3.51. The van der Waals surface area contributed by atoms with Crippen molar-refractivity contribution in [2.75, 3.05) is 0 Å². The highest BCUT2D eigenvalue weighted by Crippen LogP contribution is 2.41. The molecular weight excluding hydrogens is 267 g/mol. The minimum Gasteiger partial charge on any atom is -0.458 e. The fourth-order valence-electron chi connectivity index (χ4n) is 3.51. The second-order valence-corrected chi connectivity index (χ2v) is 6.76. The van der Waals surface area contributed by atoms with Gasteiger partial charge in [0.2, 0.25) is 0 Å². The van der Waals surface area contributed by atoms with E-state index in [2.05, 4.69) is 13.8 Å². The maximum Gasteiger partial charge on any atom is 0.136 e. The minimum atomic E-state index is -0.904. The van der Waals surface area contributed by atoms with E-state index in [1.54, 1.807) is 12.1 Å². The van der Waals surface area contributed by atoms with Gasteiger partial charge in [-0.1, -0.05) is 20.3 Å². The molecule has 2 atom stereocenters. The Hall–Kier alpha value is -1.35. The van der Waals surface area contributed by atoms with Gasteiger partial charge < -0.3 is 9.52 Å². The van der Waals surface area contributed by atoms with Gasteiger partial charge in [-0.3, -0.25) is 0 Å². The Labute approximate surface area is 125 Å². The highest BCUT2D eigenvalue weighted by atomic mass is 19.1. The third kappa shape index (κ3) is 2.84. The van der Waals surface area contributed by atoms with Crippen molar-refractivity contribution in [2.45, 2.75) is 51.6 Å². The molecule has 21 heavy (non-hydrogen) atoms. The molecule has 3 rings (SSSR count). The summed E-state index contributed by atoms with van der Waals surface area (Å²) in [5, 5.41) is 11.7. The van der Waals surface area contributed by atoms with Gasteiger partial charge in [0, 0.05) is 5.39 Å². The van der Waals surface area contributed by atoms with Crippen molar-refractivity contribution in [3.05, 3.63) is 35.8 Å². The standard InChI is InChI=1S/C18H23FO2/c1-12(2)13-4-3-8-18(20,9-7-13)17-11-14-10-15(19)5-6-16(14)21-17/h5-6,10-13,20H,3-4,7-9H2,1-2H3. The fraction of sp³-hybridized carbons (Fsp3) is 0.556. The molecule has 2 unspecified atom stereocenters. The lowest BCUT2D eigenvalue weighted by Crippen LogP contribution is -2.24. The van der Waals surface area contributed by atoms with Crippen LogP contribution in [0.25, 0.3) is 11.0 Å². The predicted octanol–water partition coefficient (Wildman–Crippen LogP) is 5.00. The summed E-state index contributed by atoms with van der Waals surface area (Å²) in [5.74, 6) is 1.63. The van der Waals surface area contributed by atoms with Crippen LogP contribution >= 0.6 is 0 Å². The molecule has 1 saturated carbocycles. The average molecular weight is 290 g/mol. The van der Waals surface area contributed by atoms with Crippen LogP contribution in [0.5, 0.6) is 0 Å². The maximum atomic E-state index is 13.3. The van der Waals surface area contributed by atoms with Gasteiger partial charge in [0.05, 0.1) is 0 Å². The normalized spacial score (nSPS) is 27.2. The highest BCUT2D eigenvalue weighted by Gasteiger charge is 2.36. The Bertz CT molecular complexity index is 631. The Balaban J connectivity index is 1.89. The number of aliphatic hydroxyl groups is 1. The number of hydrogen-bond donors (Lipinski definition) is 1. The first-order valence-corrected chi connectivity index (χ1v) is 7.90. The quantitative estimate of drug-likeness (QED) is 0.790. The summed E-state index contributed by atoms with van der Waals surface area (Å²) in [6.45, 7) is 4.50. The summed E-state index contributed by atoms with van der Waals surface area (Å²) >= 11 is 0. The summed E-state index contributed by atoms with van der Waals surface area (Å²) in [6.07, 6.45) is 4.62. The van der Waals surface area contributed by atoms with Crippen LogP contribution in [0, 0.1) is 17.7 Å². The van der Waals surface area contributed by atoms with Gasteiger partial charge in [-0.25, -0.2) is 4.39 Å². The minimum absolute atomic E-state index is 0.275. The second kappa shape index (κ2) is 5.45. The van der Waals surface area contributed by atoms with Crippen LogP contribution in [0.3, 0.4) is 0 Å². The zero-order valence-electron chi connectivity index (χ0n) is 12.7. The topological polar surface area (TPSA) is 33.4 Å². The molecule has 114 valence electrons. The summed E-state index contributed by atoms with van der Waals surface area (Å²) in [7, 11) is 0. The summed E-state index contributed by atoms with van der Waals surface area (Å²) in [4.78, 5) is 0. The predicted molar refractivity (Wildman–Crippen MR) is 81.5 cm³/mol. The van der Waals surface area contributed by atoms with Crippen LogP contribution in [0.2, 0.25) is 0 Å². The zero-order chi connectivity index (χ0) is 15.0. The van der Waals surface area contributed by atoms with Crippen molar-refractivity contribution < 1.29 is 13.9 Å². The second-order valence-electron chi connectivity index (χ2n) is 6.76. The Morgan fingerprint density at radius 1 is 1.24 bits per heavy atom. The number of furan rings is 1. The molecule has 1 aromatic heterocycles. The molecule has 1 aliphatic carbocycles. The molecular formula is C18H23FO2. The monoisotopic (exact) mass is 290 g/mol. The number of hydrogen-bond acceptors (Lipinski definition) is 2. The van der Waals surface area contributed by atoms with Crippen molar-refractivity contribution >= 4 is 11.0 Å². The lowest BCUT2D eigenvalue weighted by Gasteiger charge is -2.24. The highest BCUT2D eigenvalue weighted by molar-refractivity contribution is 5.78. The molecule has 1 heterocycles. The number of rotatable bonds is 2. The van der Waals surface area contributed by atoms with E-state index in [-0.39, 0.29) is 5.82 Å². The van der Waals surface area contributed by atoms with Gasteiger partial charge in [0.1, 0.15) is 22.8 Å². The molecule has 0 spiro atoms. The molecule has 1 N–H and O–H groups in total. The van der Waals surface area contributed by atoms with Crippen molar-refractivity contribution in [2.24, 2.45) is 11.8 Å². The van der Waals surface area contributed by atoms with E-state index in [1.165, 1.54) is 12.1 Å². The molecule has 2 aromatic rings. The Kier molecular flexibility index (Phi) is 3.78. The molecule has 1 aliphatic rings. The van der Waals surface area contributed by atoms with Crippen molar-refractivity contribution in [1.29, 1.82) is 0 Å².